The van der Waals surface area contributed by atoms with E-state index in [-0.39, 0.29) is 0 Å². The molecule has 0 N–H and O–H groups in total. The van der Waals surface area contributed by atoms with Crippen LogP contribution in [-0.4, -0.2) is 13.1 Å². The summed E-state index contributed by atoms with van der Waals surface area (Å²) in [7, 11) is 0. The smallest absolute Gasteiger partial charge is 0.0366 e. The second kappa shape index (κ2) is 5.38. The van der Waals surface area contributed by atoms with Crippen LogP contribution < -0.4 is 4.90 Å². The van der Waals surface area contributed by atoms with Gasteiger partial charge in [0.2, 0.25) is 0 Å². The summed E-state index contributed by atoms with van der Waals surface area (Å²) in [5.74, 6) is 0.690. The summed E-state index contributed by atoms with van der Waals surface area (Å²) in [5.41, 5.74) is 2.88. The maximum Gasteiger partial charge on any atom is 0.0366 e. The van der Waals surface area contributed by atoms with Crippen molar-refractivity contribution in [2.45, 2.75) is 45.4 Å². The molecule has 0 unspecified atom stereocenters. The van der Waals surface area contributed by atoms with E-state index in [4.69, 9.17) is 0 Å². The Balaban J connectivity index is 2.06. The highest BCUT2D eigenvalue weighted by Gasteiger charge is 2.11. The first-order chi connectivity index (χ1) is 7.81. The highest BCUT2D eigenvalue weighted by atomic mass is 15.1. The van der Waals surface area contributed by atoms with Gasteiger partial charge in [-0.3, -0.25) is 0 Å². The second-order valence-electron chi connectivity index (χ2n) is 4.95. The molecule has 1 aromatic carbocycles. The van der Waals surface area contributed by atoms with Crippen LogP contribution in [0.15, 0.2) is 24.3 Å². The molecule has 0 aromatic heterocycles. The van der Waals surface area contributed by atoms with E-state index in [2.05, 4.69) is 43.0 Å². The van der Waals surface area contributed by atoms with Crippen LogP contribution in [0.2, 0.25) is 0 Å². The Morgan fingerprint density at radius 2 is 1.69 bits per heavy atom. The Labute approximate surface area is 99.5 Å². The van der Waals surface area contributed by atoms with E-state index in [9.17, 15) is 0 Å². The molecule has 1 aliphatic rings. The summed E-state index contributed by atoms with van der Waals surface area (Å²) in [6, 6.07) is 9.20. The molecule has 16 heavy (non-hydrogen) atoms. The van der Waals surface area contributed by atoms with E-state index in [1.54, 1.807) is 0 Å². The maximum atomic E-state index is 2.52. The fourth-order valence-electron chi connectivity index (χ4n) is 2.40. The zero-order valence-electron chi connectivity index (χ0n) is 10.6. The molecule has 1 aliphatic heterocycles. The van der Waals surface area contributed by atoms with Gasteiger partial charge in [0.1, 0.15) is 0 Å². The molecule has 0 saturated carbocycles. The molecule has 1 aromatic rings. The van der Waals surface area contributed by atoms with Gasteiger partial charge in [-0.2, -0.15) is 0 Å². The first kappa shape index (κ1) is 11.5. The van der Waals surface area contributed by atoms with Crippen LogP contribution in [0.1, 0.15) is 51.0 Å². The number of hydrogen-bond acceptors (Lipinski definition) is 1. The zero-order valence-corrected chi connectivity index (χ0v) is 10.6. The standard InChI is InChI=1S/C15H23N/c1-3-13(2)14-7-9-15(10-8-14)16-11-5-4-6-12-16/h7-10,13H,3-6,11-12H2,1-2H3/t13-/m1/s1. The van der Waals surface area contributed by atoms with Crippen molar-refractivity contribution in [3.8, 4) is 0 Å². The van der Waals surface area contributed by atoms with Crippen LogP contribution in [0, 0.1) is 0 Å². The lowest BCUT2D eigenvalue weighted by molar-refractivity contribution is 0.577. The first-order valence-corrected chi connectivity index (χ1v) is 6.66. The second-order valence-corrected chi connectivity index (χ2v) is 4.95. The number of hydrogen-bond donors (Lipinski definition) is 0. The Morgan fingerprint density at radius 1 is 1.06 bits per heavy atom. The van der Waals surface area contributed by atoms with Crippen LogP contribution in [0.4, 0.5) is 5.69 Å². The van der Waals surface area contributed by atoms with Gasteiger partial charge in [0.05, 0.1) is 0 Å². The minimum atomic E-state index is 0.690. The van der Waals surface area contributed by atoms with Crippen molar-refractivity contribution in [2.75, 3.05) is 18.0 Å². The molecule has 2 rings (SSSR count). The predicted octanol–water partition coefficient (Wildman–Crippen LogP) is 4.19. The lowest BCUT2D eigenvalue weighted by Crippen LogP contribution is -2.29. The van der Waals surface area contributed by atoms with Crippen molar-refractivity contribution in [3.63, 3.8) is 0 Å². The number of piperidine rings is 1. The van der Waals surface area contributed by atoms with Gasteiger partial charge >= 0.3 is 0 Å². The molecule has 0 bridgehead atoms. The molecule has 0 spiro atoms. The van der Waals surface area contributed by atoms with Gasteiger partial charge in [-0.1, -0.05) is 26.0 Å². The van der Waals surface area contributed by atoms with Crippen LogP contribution >= 0.6 is 0 Å². The minimum Gasteiger partial charge on any atom is -0.372 e. The number of rotatable bonds is 3. The third-order valence-electron chi connectivity index (χ3n) is 3.80. The largest absolute Gasteiger partial charge is 0.372 e. The van der Waals surface area contributed by atoms with E-state index in [1.807, 2.05) is 0 Å². The van der Waals surface area contributed by atoms with Gasteiger partial charge < -0.3 is 4.90 Å². The van der Waals surface area contributed by atoms with Gasteiger partial charge in [-0.05, 0) is 49.3 Å². The molecule has 1 atom stereocenters. The average molecular weight is 217 g/mol. The molecule has 1 fully saturated rings. The lowest BCUT2D eigenvalue weighted by Gasteiger charge is -2.29. The summed E-state index contributed by atoms with van der Waals surface area (Å²) in [6.45, 7) is 7.03. The number of nitrogens with zero attached hydrogens (tertiary/aromatic N) is 1. The highest BCUT2D eigenvalue weighted by Crippen LogP contribution is 2.24. The molecule has 1 heterocycles. The van der Waals surface area contributed by atoms with Crippen LogP contribution in [0.3, 0.4) is 0 Å². The third kappa shape index (κ3) is 2.58. The summed E-state index contributed by atoms with van der Waals surface area (Å²) < 4.78 is 0. The Hall–Kier alpha value is -0.980. The molecule has 0 radical (unpaired) electrons. The van der Waals surface area contributed by atoms with Crippen LogP contribution in [0.5, 0.6) is 0 Å². The summed E-state index contributed by atoms with van der Waals surface area (Å²) in [5, 5.41) is 0. The van der Waals surface area contributed by atoms with Gasteiger partial charge in [0.15, 0.2) is 0 Å². The lowest BCUT2D eigenvalue weighted by atomic mass is 9.98. The maximum absolute atomic E-state index is 2.52. The highest BCUT2D eigenvalue weighted by molar-refractivity contribution is 5.48. The predicted molar refractivity (Wildman–Crippen MR) is 71.2 cm³/mol. The molecule has 1 saturated heterocycles. The Kier molecular flexibility index (Phi) is 3.87. The quantitative estimate of drug-likeness (QED) is 0.733. The fourth-order valence-corrected chi connectivity index (χ4v) is 2.40. The Morgan fingerprint density at radius 3 is 2.25 bits per heavy atom. The summed E-state index contributed by atoms with van der Waals surface area (Å²) in [4.78, 5) is 2.52. The topological polar surface area (TPSA) is 3.24 Å². The SMILES string of the molecule is CC[C@@H](C)c1ccc(N2CCCCC2)cc1. The molecule has 0 amide bonds. The number of benzene rings is 1. The van der Waals surface area contributed by atoms with Gasteiger partial charge in [-0.25, -0.2) is 0 Å². The normalized spacial score (nSPS) is 18.5. The Bertz CT molecular complexity index is 309. The summed E-state index contributed by atoms with van der Waals surface area (Å²) in [6.07, 6.45) is 5.34. The van der Waals surface area contributed by atoms with E-state index in [0.29, 0.717) is 5.92 Å². The van der Waals surface area contributed by atoms with E-state index < -0.39 is 0 Å². The van der Waals surface area contributed by atoms with Crippen molar-refractivity contribution in [1.82, 2.24) is 0 Å². The molecule has 1 heteroatoms. The molecular weight excluding hydrogens is 194 g/mol. The van der Waals surface area contributed by atoms with Crippen molar-refractivity contribution in [2.24, 2.45) is 0 Å². The molecule has 1 nitrogen and oxygen atoms in total. The van der Waals surface area contributed by atoms with Crippen LogP contribution in [-0.2, 0) is 0 Å². The molecule has 0 aliphatic carbocycles. The van der Waals surface area contributed by atoms with Crippen molar-refractivity contribution in [1.29, 1.82) is 0 Å². The molecule has 88 valence electrons. The van der Waals surface area contributed by atoms with E-state index >= 15 is 0 Å². The fraction of sp³-hybridized carbons (Fsp3) is 0.600. The third-order valence-corrected chi connectivity index (χ3v) is 3.80. The average Bonchev–Trinajstić information content (AvgIpc) is 2.39. The zero-order chi connectivity index (χ0) is 11.4. The monoisotopic (exact) mass is 217 g/mol. The van der Waals surface area contributed by atoms with Crippen LogP contribution in [0.25, 0.3) is 0 Å². The van der Waals surface area contributed by atoms with Crippen molar-refractivity contribution < 1.29 is 0 Å². The van der Waals surface area contributed by atoms with E-state index in [1.165, 1.54) is 50.0 Å². The van der Waals surface area contributed by atoms with Gasteiger partial charge in [0.25, 0.3) is 0 Å². The van der Waals surface area contributed by atoms with Crippen molar-refractivity contribution in [3.05, 3.63) is 29.8 Å². The summed E-state index contributed by atoms with van der Waals surface area (Å²) >= 11 is 0. The number of anilines is 1. The van der Waals surface area contributed by atoms with E-state index in [0.717, 1.165) is 0 Å². The minimum absolute atomic E-state index is 0.690. The van der Waals surface area contributed by atoms with Gasteiger partial charge in [0, 0.05) is 18.8 Å². The van der Waals surface area contributed by atoms with Gasteiger partial charge in [-0.15, -0.1) is 0 Å². The first-order valence-electron chi connectivity index (χ1n) is 6.66. The van der Waals surface area contributed by atoms with Crippen molar-refractivity contribution >= 4 is 5.69 Å². The molecular formula is C15H23N.